The van der Waals surface area contributed by atoms with Gasteiger partial charge in [0.15, 0.2) is 0 Å². The SMILES string of the molecule is C=CC1=C(N=C)CC(C)C1.CC.CC. The lowest BCUT2D eigenvalue weighted by molar-refractivity contribution is 0.622. The minimum atomic E-state index is 0.730. The summed E-state index contributed by atoms with van der Waals surface area (Å²) in [6, 6.07) is 0. The molecular formula is C13H25N. The van der Waals surface area contributed by atoms with Crippen molar-refractivity contribution in [1.82, 2.24) is 0 Å². The second kappa shape index (κ2) is 10.2. The summed E-state index contributed by atoms with van der Waals surface area (Å²) in [5, 5.41) is 0. The van der Waals surface area contributed by atoms with Crippen LogP contribution in [0, 0.1) is 5.92 Å². The first-order chi connectivity index (χ1) is 6.77. The van der Waals surface area contributed by atoms with E-state index in [1.807, 2.05) is 33.8 Å². The molecule has 0 saturated heterocycles. The molecule has 0 aromatic heterocycles. The van der Waals surface area contributed by atoms with Crippen LogP contribution in [0.4, 0.5) is 0 Å². The van der Waals surface area contributed by atoms with Crippen molar-refractivity contribution >= 4 is 6.72 Å². The maximum Gasteiger partial charge on any atom is 0.0430 e. The lowest BCUT2D eigenvalue weighted by atomic mass is 10.1. The average molecular weight is 195 g/mol. The number of aliphatic imine (C=N–C) groups is 1. The smallest absolute Gasteiger partial charge is 0.0430 e. The van der Waals surface area contributed by atoms with Gasteiger partial charge in [0, 0.05) is 5.70 Å². The number of nitrogens with zero attached hydrogens (tertiary/aromatic N) is 1. The van der Waals surface area contributed by atoms with E-state index < -0.39 is 0 Å². The second-order valence-electron chi connectivity index (χ2n) is 2.85. The Balaban J connectivity index is 0. The van der Waals surface area contributed by atoms with E-state index in [0.29, 0.717) is 0 Å². The molecule has 1 unspecified atom stereocenters. The van der Waals surface area contributed by atoms with Gasteiger partial charge in [0.1, 0.15) is 0 Å². The van der Waals surface area contributed by atoms with Gasteiger partial charge in [-0.1, -0.05) is 47.3 Å². The zero-order valence-corrected chi connectivity index (χ0v) is 10.4. The molecule has 0 N–H and O–H groups in total. The van der Waals surface area contributed by atoms with Gasteiger partial charge < -0.3 is 0 Å². The molecule has 0 heterocycles. The summed E-state index contributed by atoms with van der Waals surface area (Å²) in [6.45, 7) is 17.5. The zero-order valence-electron chi connectivity index (χ0n) is 10.4. The van der Waals surface area contributed by atoms with Crippen LogP contribution in [0.1, 0.15) is 47.5 Å². The van der Waals surface area contributed by atoms with E-state index in [1.165, 1.54) is 5.57 Å². The fourth-order valence-corrected chi connectivity index (χ4v) is 1.39. The van der Waals surface area contributed by atoms with E-state index in [1.54, 1.807) is 0 Å². The molecule has 0 aromatic carbocycles. The number of hydrogen-bond acceptors (Lipinski definition) is 1. The van der Waals surface area contributed by atoms with Crippen LogP contribution >= 0.6 is 0 Å². The van der Waals surface area contributed by atoms with Gasteiger partial charge in [-0.25, -0.2) is 0 Å². The average Bonchev–Trinajstić information content (AvgIpc) is 2.64. The summed E-state index contributed by atoms with van der Waals surface area (Å²) in [5.74, 6) is 0.730. The van der Waals surface area contributed by atoms with E-state index in [2.05, 4.69) is 25.2 Å². The quantitative estimate of drug-likeness (QED) is 0.571. The highest BCUT2D eigenvalue weighted by molar-refractivity contribution is 5.36. The highest BCUT2D eigenvalue weighted by atomic mass is 14.7. The summed E-state index contributed by atoms with van der Waals surface area (Å²) in [6.07, 6.45) is 4.09. The van der Waals surface area contributed by atoms with Gasteiger partial charge in [0.05, 0.1) is 0 Å². The molecule has 0 spiro atoms. The van der Waals surface area contributed by atoms with Gasteiger partial charge >= 0.3 is 0 Å². The Labute approximate surface area is 89.6 Å². The van der Waals surface area contributed by atoms with E-state index in [9.17, 15) is 0 Å². The van der Waals surface area contributed by atoms with Crippen LogP contribution in [0.3, 0.4) is 0 Å². The normalized spacial score (nSPS) is 18.8. The lowest BCUT2D eigenvalue weighted by Crippen LogP contribution is -1.83. The summed E-state index contributed by atoms with van der Waals surface area (Å²) < 4.78 is 0. The van der Waals surface area contributed by atoms with Crippen LogP contribution in [-0.4, -0.2) is 6.72 Å². The van der Waals surface area contributed by atoms with Gasteiger partial charge in [-0.2, -0.15) is 0 Å². The van der Waals surface area contributed by atoms with Crippen molar-refractivity contribution in [3.05, 3.63) is 23.9 Å². The van der Waals surface area contributed by atoms with Gasteiger partial charge in [0.25, 0.3) is 0 Å². The molecule has 1 aliphatic rings. The Bertz CT molecular complexity index is 169. The predicted octanol–water partition coefficient (Wildman–Crippen LogP) is 4.61. The Morgan fingerprint density at radius 2 is 1.71 bits per heavy atom. The number of hydrogen-bond donors (Lipinski definition) is 0. The van der Waals surface area contributed by atoms with E-state index in [0.717, 1.165) is 24.5 Å². The van der Waals surface area contributed by atoms with Crippen molar-refractivity contribution in [2.75, 3.05) is 0 Å². The van der Waals surface area contributed by atoms with E-state index in [4.69, 9.17) is 0 Å². The maximum absolute atomic E-state index is 3.95. The molecule has 0 bridgehead atoms. The molecule has 0 saturated carbocycles. The van der Waals surface area contributed by atoms with Gasteiger partial charge in [-0.15, -0.1) is 0 Å². The third-order valence-corrected chi connectivity index (χ3v) is 1.92. The molecular weight excluding hydrogens is 170 g/mol. The fraction of sp³-hybridized carbons (Fsp3) is 0.615. The Morgan fingerprint density at radius 3 is 2.00 bits per heavy atom. The third-order valence-electron chi connectivity index (χ3n) is 1.92. The van der Waals surface area contributed by atoms with Crippen LogP contribution in [0.15, 0.2) is 28.9 Å². The van der Waals surface area contributed by atoms with Gasteiger partial charge in [-0.05, 0) is 31.1 Å². The molecule has 1 aliphatic carbocycles. The second-order valence-corrected chi connectivity index (χ2v) is 2.85. The lowest BCUT2D eigenvalue weighted by Gasteiger charge is -1.95. The van der Waals surface area contributed by atoms with Crippen molar-refractivity contribution < 1.29 is 0 Å². The molecule has 1 nitrogen and oxygen atoms in total. The molecule has 0 fully saturated rings. The molecule has 82 valence electrons. The summed E-state index contributed by atoms with van der Waals surface area (Å²) >= 11 is 0. The molecule has 1 atom stereocenters. The minimum Gasteiger partial charge on any atom is -0.269 e. The van der Waals surface area contributed by atoms with Gasteiger partial charge in [-0.3, -0.25) is 4.99 Å². The van der Waals surface area contributed by atoms with Crippen molar-refractivity contribution in [2.45, 2.75) is 47.5 Å². The first-order valence-electron chi connectivity index (χ1n) is 5.59. The fourth-order valence-electron chi connectivity index (χ4n) is 1.39. The first-order valence-corrected chi connectivity index (χ1v) is 5.59. The summed E-state index contributed by atoms with van der Waals surface area (Å²) in [7, 11) is 0. The number of allylic oxidation sites excluding steroid dienone is 3. The predicted molar refractivity (Wildman–Crippen MR) is 67.9 cm³/mol. The summed E-state index contributed by atoms with van der Waals surface area (Å²) in [5.41, 5.74) is 2.42. The molecule has 0 amide bonds. The Hall–Kier alpha value is -0.850. The minimum absolute atomic E-state index is 0.730. The van der Waals surface area contributed by atoms with Crippen LogP contribution in [0.5, 0.6) is 0 Å². The molecule has 14 heavy (non-hydrogen) atoms. The monoisotopic (exact) mass is 195 g/mol. The largest absolute Gasteiger partial charge is 0.269 e. The van der Waals surface area contributed by atoms with E-state index in [-0.39, 0.29) is 0 Å². The van der Waals surface area contributed by atoms with Crippen LogP contribution in [0.25, 0.3) is 0 Å². The highest BCUT2D eigenvalue weighted by Crippen LogP contribution is 2.31. The molecule has 0 aliphatic heterocycles. The summed E-state index contributed by atoms with van der Waals surface area (Å²) in [4.78, 5) is 3.95. The van der Waals surface area contributed by atoms with Crippen molar-refractivity contribution in [2.24, 2.45) is 10.9 Å². The topological polar surface area (TPSA) is 12.4 Å². The third kappa shape index (κ3) is 5.00. The molecule has 0 radical (unpaired) electrons. The first kappa shape index (κ1) is 15.6. The van der Waals surface area contributed by atoms with Crippen molar-refractivity contribution in [3.8, 4) is 0 Å². The number of rotatable bonds is 2. The highest BCUT2D eigenvalue weighted by Gasteiger charge is 2.17. The standard InChI is InChI=1S/C9H13N.2C2H6/c1-4-8-5-7(2)6-9(8)10-3;2*1-2/h4,7H,1,3,5-6H2,2H3;2*1-2H3. The zero-order chi connectivity index (χ0) is 11.6. The van der Waals surface area contributed by atoms with Crippen LogP contribution in [-0.2, 0) is 0 Å². The molecule has 1 heteroatoms. The van der Waals surface area contributed by atoms with Crippen LogP contribution < -0.4 is 0 Å². The maximum atomic E-state index is 3.95. The van der Waals surface area contributed by atoms with Gasteiger partial charge in [0.2, 0.25) is 0 Å². The van der Waals surface area contributed by atoms with Crippen molar-refractivity contribution in [3.63, 3.8) is 0 Å². The molecule has 1 rings (SSSR count). The van der Waals surface area contributed by atoms with E-state index >= 15 is 0 Å². The van der Waals surface area contributed by atoms with Crippen LogP contribution in [0.2, 0.25) is 0 Å². The Kier molecular flexibility index (Phi) is 11.4. The molecule has 0 aromatic rings. The van der Waals surface area contributed by atoms with Crippen molar-refractivity contribution in [1.29, 1.82) is 0 Å². The Morgan fingerprint density at radius 1 is 1.21 bits per heavy atom.